The predicted molar refractivity (Wildman–Crippen MR) is 148 cm³/mol. The minimum atomic E-state index is -0.208. The van der Waals surface area contributed by atoms with Crippen molar-refractivity contribution in [3.05, 3.63) is 64.7 Å². The number of fused-ring (bicyclic) bond motifs is 1. The van der Waals surface area contributed by atoms with Crippen molar-refractivity contribution in [1.82, 2.24) is 34.7 Å². The zero-order valence-electron chi connectivity index (χ0n) is 22.1. The summed E-state index contributed by atoms with van der Waals surface area (Å²) in [6.45, 7) is 8.28. The summed E-state index contributed by atoms with van der Waals surface area (Å²) in [5.74, 6) is 1.27. The number of nitrogens with zero attached hydrogens (tertiary/aromatic N) is 6. The first-order chi connectivity index (χ1) is 18.8. The number of carbonyl (C=O) groups excluding carboxylic acids is 1. The average Bonchev–Trinajstić information content (AvgIpc) is 3.46. The summed E-state index contributed by atoms with van der Waals surface area (Å²) in [5, 5.41) is 3.84. The highest BCUT2D eigenvalue weighted by Gasteiger charge is 2.49. The van der Waals surface area contributed by atoms with E-state index < -0.39 is 0 Å². The molecule has 1 amide bonds. The second-order valence-electron chi connectivity index (χ2n) is 11.6. The summed E-state index contributed by atoms with van der Waals surface area (Å²) in [7, 11) is 0. The Balaban J connectivity index is 1.22. The molecule has 7 rings (SSSR count). The van der Waals surface area contributed by atoms with Crippen LogP contribution in [0.3, 0.4) is 0 Å². The van der Waals surface area contributed by atoms with Gasteiger partial charge in [0.1, 0.15) is 17.8 Å². The SMILES string of the molecule is Cc1ccnc(Cn2c(-c3ccc(CC(=O)N4CC5(CNC5)C4)cc3Cl)nc3c(OC4(C)CC4)ncnc32)c1. The van der Waals surface area contributed by atoms with Gasteiger partial charge in [0.05, 0.1) is 23.7 Å². The van der Waals surface area contributed by atoms with Crippen molar-refractivity contribution >= 4 is 28.7 Å². The van der Waals surface area contributed by atoms with Crippen LogP contribution in [0.5, 0.6) is 5.88 Å². The number of aryl methyl sites for hydroxylation is 1. The highest BCUT2D eigenvalue weighted by molar-refractivity contribution is 6.33. The fourth-order valence-electron chi connectivity index (χ4n) is 5.48. The fourth-order valence-corrected chi connectivity index (χ4v) is 5.77. The van der Waals surface area contributed by atoms with Crippen molar-refractivity contribution < 1.29 is 9.53 Å². The van der Waals surface area contributed by atoms with Gasteiger partial charge in [0.15, 0.2) is 11.2 Å². The second kappa shape index (κ2) is 8.99. The maximum absolute atomic E-state index is 12.9. The van der Waals surface area contributed by atoms with Crippen LogP contribution in [0.4, 0.5) is 0 Å². The molecule has 200 valence electrons. The molecule has 0 atom stereocenters. The Morgan fingerprint density at radius 1 is 1.13 bits per heavy atom. The Morgan fingerprint density at radius 3 is 2.64 bits per heavy atom. The van der Waals surface area contributed by atoms with Gasteiger partial charge >= 0.3 is 0 Å². The Morgan fingerprint density at radius 2 is 1.95 bits per heavy atom. The predicted octanol–water partition coefficient (Wildman–Crippen LogP) is 3.80. The van der Waals surface area contributed by atoms with Gasteiger partial charge < -0.3 is 19.5 Å². The number of ether oxygens (including phenoxy) is 1. The van der Waals surface area contributed by atoms with Gasteiger partial charge in [-0.15, -0.1) is 0 Å². The Hall–Kier alpha value is -3.56. The van der Waals surface area contributed by atoms with Crippen molar-refractivity contribution in [3.8, 4) is 17.3 Å². The molecule has 0 unspecified atom stereocenters. The first-order valence-corrected chi connectivity index (χ1v) is 13.8. The molecule has 3 aliphatic rings. The molecule has 2 aliphatic heterocycles. The molecule has 3 aromatic heterocycles. The van der Waals surface area contributed by atoms with E-state index in [-0.39, 0.29) is 11.5 Å². The highest BCUT2D eigenvalue weighted by atomic mass is 35.5. The second-order valence-corrected chi connectivity index (χ2v) is 12.0. The van der Waals surface area contributed by atoms with Gasteiger partial charge in [-0.05, 0) is 62.1 Å². The van der Waals surface area contributed by atoms with Crippen LogP contribution in [-0.2, 0) is 17.8 Å². The Labute approximate surface area is 231 Å². The van der Waals surface area contributed by atoms with E-state index in [1.165, 1.54) is 6.33 Å². The smallest absolute Gasteiger partial charge is 0.245 e. The molecule has 1 aliphatic carbocycles. The molecular formula is C29H30ClN7O2. The number of pyridine rings is 1. The van der Waals surface area contributed by atoms with E-state index in [4.69, 9.17) is 21.3 Å². The molecule has 1 N–H and O–H groups in total. The summed E-state index contributed by atoms with van der Waals surface area (Å²) in [6.07, 6.45) is 5.63. The molecule has 0 bridgehead atoms. The molecule has 1 spiro atoms. The van der Waals surface area contributed by atoms with Crippen molar-refractivity contribution in [2.45, 2.75) is 45.3 Å². The molecule has 3 fully saturated rings. The number of nitrogens with one attached hydrogen (secondary N) is 1. The van der Waals surface area contributed by atoms with E-state index in [1.54, 1.807) is 6.20 Å². The highest BCUT2D eigenvalue weighted by Crippen LogP contribution is 2.41. The van der Waals surface area contributed by atoms with Crippen LogP contribution in [-0.4, -0.2) is 67.1 Å². The lowest BCUT2D eigenvalue weighted by Crippen LogP contribution is -2.72. The monoisotopic (exact) mass is 543 g/mol. The Kier molecular flexibility index (Phi) is 5.64. The molecule has 39 heavy (non-hydrogen) atoms. The lowest BCUT2D eigenvalue weighted by Gasteiger charge is -2.56. The quantitative estimate of drug-likeness (QED) is 0.378. The van der Waals surface area contributed by atoms with Crippen molar-refractivity contribution in [2.24, 2.45) is 5.41 Å². The van der Waals surface area contributed by atoms with Gasteiger partial charge in [-0.2, -0.15) is 4.98 Å². The summed E-state index contributed by atoms with van der Waals surface area (Å²) in [5.41, 5.74) is 5.01. The van der Waals surface area contributed by atoms with E-state index in [2.05, 4.69) is 33.3 Å². The summed E-state index contributed by atoms with van der Waals surface area (Å²) in [6, 6.07) is 9.80. The molecular weight excluding hydrogens is 514 g/mol. The lowest BCUT2D eigenvalue weighted by molar-refractivity contribution is -0.146. The van der Waals surface area contributed by atoms with Crippen LogP contribution in [0.25, 0.3) is 22.6 Å². The van der Waals surface area contributed by atoms with Gasteiger partial charge in [-0.1, -0.05) is 17.7 Å². The van der Waals surface area contributed by atoms with E-state index in [0.717, 1.165) is 61.4 Å². The number of imidazole rings is 1. The molecule has 5 heterocycles. The molecule has 4 aromatic rings. The maximum Gasteiger partial charge on any atom is 0.245 e. The number of halogens is 1. The molecule has 1 aromatic carbocycles. The minimum Gasteiger partial charge on any atom is -0.470 e. The zero-order chi connectivity index (χ0) is 26.8. The largest absolute Gasteiger partial charge is 0.470 e. The number of rotatable bonds is 7. The van der Waals surface area contributed by atoms with Crippen molar-refractivity contribution in [3.63, 3.8) is 0 Å². The lowest BCUT2D eigenvalue weighted by atomic mass is 9.74. The maximum atomic E-state index is 12.9. The minimum absolute atomic E-state index is 0.139. The van der Waals surface area contributed by atoms with Crippen LogP contribution in [0.1, 0.15) is 36.6 Å². The van der Waals surface area contributed by atoms with E-state index in [1.807, 2.05) is 40.7 Å². The number of amides is 1. The molecule has 1 saturated carbocycles. The number of aromatic nitrogens is 5. The number of likely N-dealkylation sites (tertiary alicyclic amines) is 1. The molecule has 10 heteroatoms. The number of hydrogen-bond acceptors (Lipinski definition) is 7. The van der Waals surface area contributed by atoms with Crippen molar-refractivity contribution in [1.29, 1.82) is 0 Å². The summed E-state index contributed by atoms with van der Waals surface area (Å²) in [4.78, 5) is 33.3. The average molecular weight is 544 g/mol. The standard InChI is InChI=1S/C29H30ClN7O2/c1-18-5-8-32-20(9-18)12-37-25(35-24-26(37)33-17-34-27(24)39-28(2)6-7-28)21-4-3-19(10-22(21)30)11-23(38)36-15-29(16-36)13-31-14-29/h3-5,8-10,17,31H,6-7,11-16H2,1-2H3. The third-order valence-electron chi connectivity index (χ3n) is 8.12. The summed E-state index contributed by atoms with van der Waals surface area (Å²) >= 11 is 6.87. The number of hydrogen-bond donors (Lipinski definition) is 1. The van der Waals surface area contributed by atoms with E-state index >= 15 is 0 Å². The van der Waals surface area contributed by atoms with Crippen LogP contribution in [0.2, 0.25) is 5.02 Å². The van der Waals surface area contributed by atoms with E-state index in [0.29, 0.717) is 46.3 Å². The first-order valence-electron chi connectivity index (χ1n) is 13.4. The van der Waals surface area contributed by atoms with Gasteiger partial charge in [0, 0.05) is 43.4 Å². The normalized spacial score (nSPS) is 18.6. The molecule has 0 radical (unpaired) electrons. The van der Waals surface area contributed by atoms with E-state index in [9.17, 15) is 4.79 Å². The first kappa shape index (κ1) is 24.5. The van der Waals surface area contributed by atoms with Gasteiger partial charge in [0.25, 0.3) is 0 Å². The van der Waals surface area contributed by atoms with Crippen LogP contribution < -0.4 is 10.1 Å². The van der Waals surface area contributed by atoms with Crippen LogP contribution in [0.15, 0.2) is 42.9 Å². The topological polar surface area (TPSA) is 98.1 Å². The van der Waals surface area contributed by atoms with Gasteiger partial charge in [0.2, 0.25) is 11.8 Å². The van der Waals surface area contributed by atoms with Crippen molar-refractivity contribution in [2.75, 3.05) is 26.2 Å². The molecule has 9 nitrogen and oxygen atoms in total. The zero-order valence-corrected chi connectivity index (χ0v) is 22.8. The number of carbonyl (C=O) groups is 1. The van der Waals surface area contributed by atoms with Crippen LogP contribution in [0, 0.1) is 12.3 Å². The third-order valence-corrected chi connectivity index (χ3v) is 8.44. The molecule has 2 saturated heterocycles. The Bertz CT molecular complexity index is 1600. The van der Waals surface area contributed by atoms with Gasteiger partial charge in [-0.25, -0.2) is 9.97 Å². The third kappa shape index (κ3) is 4.53. The summed E-state index contributed by atoms with van der Waals surface area (Å²) < 4.78 is 8.25. The number of benzene rings is 1. The van der Waals surface area contributed by atoms with Crippen LogP contribution >= 0.6 is 11.6 Å². The fraction of sp³-hybridized carbons (Fsp3) is 0.414. The van der Waals surface area contributed by atoms with Gasteiger partial charge in [-0.3, -0.25) is 9.78 Å².